The maximum atomic E-state index is 9.34. The van der Waals surface area contributed by atoms with Gasteiger partial charge in [0.15, 0.2) is 0 Å². The quantitative estimate of drug-likeness (QED) is 0.466. The van der Waals surface area contributed by atoms with Crippen LogP contribution in [0.3, 0.4) is 0 Å². The van der Waals surface area contributed by atoms with Crippen molar-refractivity contribution in [2.24, 2.45) is 0 Å². The minimum absolute atomic E-state index is 0. The molecular weight excluding hydrogens is 255 g/mol. The molecule has 0 unspecified atom stereocenters. The normalized spacial score (nSPS) is 17.4. The van der Waals surface area contributed by atoms with Crippen LogP contribution in [-0.4, -0.2) is 38.0 Å². The summed E-state index contributed by atoms with van der Waals surface area (Å²) in [6.45, 7) is 3.07. The van der Waals surface area contributed by atoms with Crippen molar-refractivity contribution in [1.82, 2.24) is 4.90 Å². The van der Waals surface area contributed by atoms with Crippen molar-refractivity contribution in [3.63, 3.8) is 0 Å². The third-order valence-electron chi connectivity index (χ3n) is 3.08. The van der Waals surface area contributed by atoms with E-state index in [9.17, 15) is 5.26 Å². The smallest absolute Gasteiger partial charge is 0.467 e. The molecule has 1 aromatic rings. The molecule has 0 atom stereocenters. The first-order valence-corrected chi connectivity index (χ1v) is 5.88. The van der Waals surface area contributed by atoms with Crippen LogP contribution in [0.2, 0.25) is 0 Å². The topological polar surface area (TPSA) is 54.7 Å². The first kappa shape index (κ1) is 14.5. The summed E-state index contributed by atoms with van der Waals surface area (Å²) in [4.78, 5) is 2.04. The Bertz CT molecular complexity index is 483. The Balaban J connectivity index is 0.00000133. The fourth-order valence-electron chi connectivity index (χ4n) is 2.15. The molecule has 94 valence electrons. The van der Waals surface area contributed by atoms with E-state index >= 15 is 0 Å². The number of rotatable bonds is 2. The summed E-state index contributed by atoms with van der Waals surface area (Å²) in [6.07, 6.45) is 0. The Morgan fingerprint density at radius 3 is 2.63 bits per heavy atom. The molecule has 0 spiro atoms. The summed E-state index contributed by atoms with van der Waals surface area (Å²) in [6, 6.07) is 8.52. The fraction of sp³-hybridized carbons (Fsp3) is 0.385. The van der Waals surface area contributed by atoms with Gasteiger partial charge in [0, 0.05) is 19.2 Å². The average molecular weight is 268 g/mol. The molecule has 6 heteroatoms. The van der Waals surface area contributed by atoms with E-state index in [-0.39, 0.29) is 36.4 Å². The second-order valence-corrected chi connectivity index (χ2v) is 4.13. The molecule has 0 amide bonds. The molecular formula is C13H13N2NaO3. The van der Waals surface area contributed by atoms with Crippen LogP contribution < -0.4 is 39.0 Å². The van der Waals surface area contributed by atoms with Crippen LogP contribution in [0, 0.1) is 17.4 Å². The summed E-state index contributed by atoms with van der Waals surface area (Å²) in [5, 5.41) is 9.34. The van der Waals surface area contributed by atoms with E-state index in [2.05, 4.69) is 6.07 Å². The largest absolute Gasteiger partial charge is 1.00 e. The van der Waals surface area contributed by atoms with Gasteiger partial charge in [-0.05, 0) is 6.04 Å². The van der Waals surface area contributed by atoms with Gasteiger partial charge in [-0.2, -0.15) is 11.6 Å². The third kappa shape index (κ3) is 2.99. The molecule has 0 saturated carbocycles. The maximum absolute atomic E-state index is 9.34. The zero-order valence-electron chi connectivity index (χ0n) is 10.9. The Labute approximate surface area is 134 Å². The van der Waals surface area contributed by atoms with Crippen LogP contribution in [0.1, 0.15) is 5.56 Å². The van der Waals surface area contributed by atoms with E-state index in [1.165, 1.54) is 0 Å². The maximum Gasteiger partial charge on any atom is 1.00 e. The Kier molecular flexibility index (Phi) is 4.97. The van der Waals surface area contributed by atoms with Gasteiger partial charge in [-0.25, -0.2) is 5.26 Å². The zero-order chi connectivity index (χ0) is 12.4. The SMILES string of the molecule is N#C[C-](c1ccc2c(c1)OCO2)N1CCOCC1.[Na+]. The van der Waals surface area contributed by atoms with Crippen LogP contribution in [-0.2, 0) is 4.74 Å². The molecule has 0 N–H and O–H groups in total. The molecule has 1 aromatic carbocycles. The Morgan fingerprint density at radius 1 is 1.16 bits per heavy atom. The number of nitrogens with zero attached hydrogens (tertiary/aromatic N) is 2. The van der Waals surface area contributed by atoms with E-state index < -0.39 is 0 Å². The van der Waals surface area contributed by atoms with E-state index in [1.807, 2.05) is 23.1 Å². The van der Waals surface area contributed by atoms with Gasteiger partial charge < -0.3 is 19.1 Å². The molecule has 0 aliphatic carbocycles. The molecule has 0 radical (unpaired) electrons. The van der Waals surface area contributed by atoms with Crippen LogP contribution in [0.15, 0.2) is 18.2 Å². The van der Waals surface area contributed by atoms with Crippen molar-refractivity contribution in [3.05, 3.63) is 29.8 Å². The predicted molar refractivity (Wildman–Crippen MR) is 62.9 cm³/mol. The summed E-state index contributed by atoms with van der Waals surface area (Å²) in [7, 11) is 0. The van der Waals surface area contributed by atoms with Gasteiger partial charge in [0.05, 0.1) is 13.2 Å². The van der Waals surface area contributed by atoms with Crippen molar-refractivity contribution in [3.8, 4) is 17.6 Å². The monoisotopic (exact) mass is 268 g/mol. The van der Waals surface area contributed by atoms with Crippen molar-refractivity contribution in [2.75, 3.05) is 33.1 Å². The summed E-state index contributed by atoms with van der Waals surface area (Å²) in [5.74, 6) is 1.44. The van der Waals surface area contributed by atoms with Gasteiger partial charge in [-0.3, -0.25) is 0 Å². The number of nitriles is 1. The van der Waals surface area contributed by atoms with Crippen molar-refractivity contribution >= 4 is 0 Å². The number of benzene rings is 1. The number of hydrogen-bond acceptors (Lipinski definition) is 5. The van der Waals surface area contributed by atoms with Gasteiger partial charge in [-0.15, -0.1) is 6.07 Å². The predicted octanol–water partition coefficient (Wildman–Crippen LogP) is -1.84. The van der Waals surface area contributed by atoms with Crippen LogP contribution >= 0.6 is 0 Å². The third-order valence-corrected chi connectivity index (χ3v) is 3.08. The second kappa shape index (κ2) is 6.51. The van der Waals surface area contributed by atoms with Crippen molar-refractivity contribution in [1.29, 1.82) is 5.26 Å². The minimum Gasteiger partial charge on any atom is -0.467 e. The number of ether oxygens (including phenoxy) is 3. The number of fused-ring (bicyclic) bond motifs is 1. The standard InChI is InChI=1S/C13H13N2O3.Na/c14-8-11(15-3-5-16-6-4-15)10-1-2-12-13(7-10)18-9-17-12;/h1-2,7H,3-6,9H2;/q-1;+1. The summed E-state index contributed by atoms with van der Waals surface area (Å²) < 4.78 is 15.9. The molecule has 5 nitrogen and oxygen atoms in total. The fourth-order valence-corrected chi connectivity index (χ4v) is 2.15. The van der Waals surface area contributed by atoms with Gasteiger partial charge in [0.1, 0.15) is 11.5 Å². The van der Waals surface area contributed by atoms with Crippen LogP contribution in [0.5, 0.6) is 11.5 Å². The summed E-state index contributed by atoms with van der Waals surface area (Å²) >= 11 is 0. The van der Waals surface area contributed by atoms with E-state index in [0.717, 1.165) is 24.4 Å². The molecule has 2 aliphatic rings. The van der Waals surface area contributed by atoms with Gasteiger partial charge in [0.2, 0.25) is 6.79 Å². The van der Waals surface area contributed by atoms with E-state index in [1.54, 1.807) is 0 Å². The number of morpholine rings is 1. The summed E-state index contributed by atoms with van der Waals surface area (Å²) in [5.41, 5.74) is 0.864. The first-order chi connectivity index (χ1) is 8.88. The zero-order valence-corrected chi connectivity index (χ0v) is 12.9. The second-order valence-electron chi connectivity index (χ2n) is 4.13. The van der Waals surface area contributed by atoms with E-state index in [0.29, 0.717) is 25.0 Å². The molecule has 0 aromatic heterocycles. The molecule has 1 fully saturated rings. The Hall–Kier alpha value is -0.900. The van der Waals surface area contributed by atoms with Crippen LogP contribution in [0.4, 0.5) is 0 Å². The number of hydrogen-bond donors (Lipinski definition) is 0. The van der Waals surface area contributed by atoms with Crippen LogP contribution in [0.25, 0.3) is 0 Å². The van der Waals surface area contributed by atoms with Gasteiger partial charge in [-0.1, -0.05) is 6.07 Å². The Morgan fingerprint density at radius 2 is 1.89 bits per heavy atom. The molecule has 2 aliphatic heterocycles. The van der Waals surface area contributed by atoms with Crippen molar-refractivity contribution < 1.29 is 43.8 Å². The van der Waals surface area contributed by atoms with Gasteiger partial charge in [0.25, 0.3) is 0 Å². The molecule has 1 saturated heterocycles. The molecule has 19 heavy (non-hydrogen) atoms. The average Bonchev–Trinajstić information content (AvgIpc) is 2.88. The molecule has 3 rings (SSSR count). The first-order valence-electron chi connectivity index (χ1n) is 5.88. The molecule has 2 heterocycles. The minimum atomic E-state index is 0. The van der Waals surface area contributed by atoms with Crippen molar-refractivity contribution in [2.45, 2.75) is 0 Å². The molecule has 0 bridgehead atoms. The van der Waals surface area contributed by atoms with E-state index in [4.69, 9.17) is 14.2 Å². The van der Waals surface area contributed by atoms with Gasteiger partial charge >= 0.3 is 29.6 Å².